The third kappa shape index (κ3) is 12.7. The topological polar surface area (TPSA) is 251 Å². The van der Waals surface area contributed by atoms with Gasteiger partial charge in [-0.1, -0.05) is 26.0 Å². The molecule has 10 N–H and O–H groups in total. The average molecular weight is 552 g/mol. The van der Waals surface area contributed by atoms with E-state index in [2.05, 4.69) is 16.0 Å². The van der Waals surface area contributed by atoms with Gasteiger partial charge in [0.2, 0.25) is 23.6 Å². The molecule has 0 aliphatic heterocycles. The molecule has 4 unspecified atom stereocenters. The van der Waals surface area contributed by atoms with Gasteiger partial charge in [-0.3, -0.25) is 24.0 Å². The molecule has 39 heavy (non-hydrogen) atoms. The maximum atomic E-state index is 13.2. The van der Waals surface area contributed by atoms with E-state index in [1.165, 1.54) is 24.3 Å². The Kier molecular flexibility index (Phi) is 13.4. The van der Waals surface area contributed by atoms with Crippen LogP contribution in [0.25, 0.3) is 0 Å². The maximum absolute atomic E-state index is 13.2. The molecule has 0 aliphatic rings. The Hall–Kier alpha value is -4.20. The van der Waals surface area contributed by atoms with Crippen molar-refractivity contribution >= 4 is 35.6 Å². The Balaban J connectivity index is 3.18. The zero-order valence-corrected chi connectivity index (χ0v) is 21.9. The van der Waals surface area contributed by atoms with Gasteiger partial charge in [0.1, 0.15) is 23.9 Å². The summed E-state index contributed by atoms with van der Waals surface area (Å²) in [6.07, 6.45) is -1.21. The summed E-state index contributed by atoms with van der Waals surface area (Å²) in [6, 6.07) is 0.508. The lowest BCUT2D eigenvalue weighted by molar-refractivity contribution is -0.142. The summed E-state index contributed by atoms with van der Waals surface area (Å²) < 4.78 is 0. The van der Waals surface area contributed by atoms with Gasteiger partial charge >= 0.3 is 11.9 Å². The van der Waals surface area contributed by atoms with E-state index in [0.29, 0.717) is 12.0 Å². The van der Waals surface area contributed by atoms with Crippen LogP contribution >= 0.6 is 0 Å². The fraction of sp³-hybridized carbons (Fsp3) is 0.520. The van der Waals surface area contributed by atoms with Crippen LogP contribution in [0.1, 0.15) is 51.5 Å². The van der Waals surface area contributed by atoms with E-state index in [1.807, 2.05) is 13.8 Å². The van der Waals surface area contributed by atoms with Gasteiger partial charge in [-0.2, -0.15) is 0 Å². The van der Waals surface area contributed by atoms with E-state index in [0.717, 1.165) is 0 Å². The van der Waals surface area contributed by atoms with E-state index in [-0.39, 0.29) is 37.4 Å². The third-order valence-electron chi connectivity index (χ3n) is 5.65. The number of carbonyl (C=O) groups excluding carboxylic acids is 4. The number of nitrogens with two attached hydrogens (primary N) is 2. The molecule has 0 bridgehead atoms. The molecule has 1 aromatic rings. The molecule has 0 spiro atoms. The fourth-order valence-electron chi connectivity index (χ4n) is 3.60. The van der Waals surface area contributed by atoms with Crippen LogP contribution in [-0.4, -0.2) is 75.1 Å². The SMILES string of the molecule is CC(C)CC(N)C(=O)NC(CCC(=O)O)C(=O)NC(Cc1ccc(O)cc1)C(=O)NC(CCC(N)=O)C(=O)O. The summed E-state index contributed by atoms with van der Waals surface area (Å²) in [7, 11) is 0. The summed E-state index contributed by atoms with van der Waals surface area (Å²) in [5, 5.41) is 35.2. The number of benzene rings is 1. The van der Waals surface area contributed by atoms with Gasteiger partial charge in [0.25, 0.3) is 0 Å². The van der Waals surface area contributed by atoms with Crippen LogP contribution in [0.4, 0.5) is 0 Å². The molecular formula is C25H37N5O9. The summed E-state index contributed by atoms with van der Waals surface area (Å²) in [5.74, 6) is -5.85. The minimum Gasteiger partial charge on any atom is -0.508 e. The molecule has 1 aromatic carbocycles. The normalized spacial score (nSPS) is 13.9. The van der Waals surface area contributed by atoms with Crippen LogP contribution in [-0.2, 0) is 35.2 Å². The van der Waals surface area contributed by atoms with E-state index in [4.69, 9.17) is 16.6 Å². The second kappa shape index (κ2) is 15.9. The third-order valence-corrected chi connectivity index (χ3v) is 5.65. The summed E-state index contributed by atoms with van der Waals surface area (Å²) >= 11 is 0. The number of carboxylic acid groups (broad SMARTS) is 2. The van der Waals surface area contributed by atoms with Crippen LogP contribution in [0, 0.1) is 5.92 Å². The van der Waals surface area contributed by atoms with E-state index in [1.54, 1.807) is 0 Å². The van der Waals surface area contributed by atoms with E-state index < -0.39 is 66.2 Å². The number of phenolic OH excluding ortho intramolecular Hbond substituents is 1. The van der Waals surface area contributed by atoms with E-state index >= 15 is 0 Å². The molecule has 14 heteroatoms. The number of hydrogen-bond acceptors (Lipinski definition) is 8. The second-order valence-corrected chi connectivity index (χ2v) is 9.57. The van der Waals surface area contributed by atoms with Crippen molar-refractivity contribution in [1.82, 2.24) is 16.0 Å². The smallest absolute Gasteiger partial charge is 0.326 e. The Morgan fingerprint density at radius 1 is 0.795 bits per heavy atom. The minimum absolute atomic E-state index is 0.0460. The van der Waals surface area contributed by atoms with Crippen molar-refractivity contribution < 1.29 is 44.1 Å². The van der Waals surface area contributed by atoms with E-state index in [9.17, 15) is 39.0 Å². The highest BCUT2D eigenvalue weighted by atomic mass is 16.4. The molecule has 0 saturated carbocycles. The first-order valence-electron chi connectivity index (χ1n) is 12.4. The number of nitrogens with one attached hydrogen (secondary N) is 3. The molecule has 14 nitrogen and oxygen atoms in total. The summed E-state index contributed by atoms with van der Waals surface area (Å²) in [4.78, 5) is 72.7. The summed E-state index contributed by atoms with van der Waals surface area (Å²) in [6.45, 7) is 3.70. The molecule has 0 radical (unpaired) electrons. The van der Waals surface area contributed by atoms with Gasteiger partial charge in [0.05, 0.1) is 6.04 Å². The van der Waals surface area contributed by atoms with Gasteiger partial charge in [0.15, 0.2) is 0 Å². The number of phenols is 1. The van der Waals surface area contributed by atoms with Crippen molar-refractivity contribution in [1.29, 1.82) is 0 Å². The highest BCUT2D eigenvalue weighted by Crippen LogP contribution is 2.13. The number of hydrogen-bond donors (Lipinski definition) is 8. The first-order valence-corrected chi connectivity index (χ1v) is 12.4. The Bertz CT molecular complexity index is 1030. The van der Waals surface area contributed by atoms with Crippen molar-refractivity contribution in [2.45, 2.75) is 76.5 Å². The fourth-order valence-corrected chi connectivity index (χ4v) is 3.60. The molecule has 4 atom stereocenters. The minimum atomic E-state index is -1.49. The van der Waals surface area contributed by atoms with Gasteiger partial charge < -0.3 is 42.7 Å². The Morgan fingerprint density at radius 3 is 1.82 bits per heavy atom. The van der Waals surface area contributed by atoms with Gasteiger partial charge in [-0.05, 0) is 42.9 Å². The van der Waals surface area contributed by atoms with Crippen LogP contribution in [0.15, 0.2) is 24.3 Å². The van der Waals surface area contributed by atoms with Crippen molar-refractivity contribution in [2.75, 3.05) is 0 Å². The molecule has 0 aliphatic carbocycles. The van der Waals surface area contributed by atoms with Crippen LogP contribution in [0.2, 0.25) is 0 Å². The van der Waals surface area contributed by atoms with Crippen LogP contribution in [0.3, 0.4) is 0 Å². The number of aliphatic carboxylic acids is 2. The highest BCUT2D eigenvalue weighted by molar-refractivity contribution is 5.94. The standard InChI is InChI=1S/C25H37N5O9/c1-13(2)11-16(26)22(35)28-17(8-10-21(33)34)23(36)30-19(12-14-3-5-15(31)6-4-14)24(37)29-18(25(38)39)7-9-20(27)32/h3-6,13,16-19,31H,7-12,26H2,1-2H3,(H2,27,32)(H,28,35)(H,29,37)(H,30,36)(H,33,34)(H,38,39). The van der Waals surface area contributed by atoms with Crippen molar-refractivity contribution in [2.24, 2.45) is 17.4 Å². The molecule has 0 saturated heterocycles. The number of aromatic hydroxyl groups is 1. The first-order chi connectivity index (χ1) is 18.2. The summed E-state index contributed by atoms with van der Waals surface area (Å²) in [5.41, 5.74) is 11.4. The largest absolute Gasteiger partial charge is 0.508 e. The van der Waals surface area contributed by atoms with Crippen molar-refractivity contribution in [3.63, 3.8) is 0 Å². The molecule has 4 amide bonds. The number of primary amides is 1. The zero-order chi connectivity index (χ0) is 29.7. The monoisotopic (exact) mass is 551 g/mol. The number of amides is 4. The molecule has 1 rings (SSSR count). The number of carboxylic acids is 2. The molecule has 216 valence electrons. The molecule has 0 aromatic heterocycles. The maximum Gasteiger partial charge on any atom is 0.326 e. The number of rotatable bonds is 17. The van der Waals surface area contributed by atoms with Gasteiger partial charge in [-0.15, -0.1) is 0 Å². The van der Waals surface area contributed by atoms with Crippen LogP contribution in [0.5, 0.6) is 5.75 Å². The lowest BCUT2D eigenvalue weighted by Gasteiger charge is -2.25. The van der Waals surface area contributed by atoms with Gasteiger partial charge in [-0.25, -0.2) is 4.79 Å². The Labute approximate surface area is 225 Å². The number of carbonyl (C=O) groups is 6. The lowest BCUT2D eigenvalue weighted by Crippen LogP contribution is -2.57. The van der Waals surface area contributed by atoms with Crippen molar-refractivity contribution in [3.05, 3.63) is 29.8 Å². The highest BCUT2D eigenvalue weighted by Gasteiger charge is 2.31. The zero-order valence-electron chi connectivity index (χ0n) is 21.9. The Morgan fingerprint density at radius 2 is 1.31 bits per heavy atom. The molecular weight excluding hydrogens is 514 g/mol. The average Bonchev–Trinajstić information content (AvgIpc) is 2.83. The predicted octanol–water partition coefficient (Wildman–Crippen LogP) is -1.02. The first kappa shape index (κ1) is 32.8. The predicted molar refractivity (Wildman–Crippen MR) is 138 cm³/mol. The van der Waals surface area contributed by atoms with Gasteiger partial charge in [0, 0.05) is 19.3 Å². The van der Waals surface area contributed by atoms with Crippen molar-refractivity contribution in [3.8, 4) is 5.75 Å². The molecule has 0 fully saturated rings. The van der Waals surface area contributed by atoms with Crippen LogP contribution < -0.4 is 27.4 Å². The quantitative estimate of drug-likeness (QED) is 0.117. The lowest BCUT2D eigenvalue weighted by atomic mass is 10.0. The second-order valence-electron chi connectivity index (χ2n) is 9.57. The molecule has 0 heterocycles.